The van der Waals surface area contributed by atoms with Gasteiger partial charge in [0, 0.05) is 53.2 Å². The molecule has 0 spiro atoms. The van der Waals surface area contributed by atoms with Gasteiger partial charge in [-0.05, 0) is 5.56 Å². The van der Waals surface area contributed by atoms with Crippen molar-refractivity contribution in [1.82, 2.24) is 15.1 Å². The molecule has 7 heteroatoms. The largest absolute Gasteiger partial charge is 0.367 e. The molecule has 0 radical (unpaired) electrons. The number of nitrogens with zero attached hydrogens (tertiary/aromatic N) is 2. The lowest BCUT2D eigenvalue weighted by molar-refractivity contribution is -0.138. The number of methoxy groups -OCH3 is 1. The summed E-state index contributed by atoms with van der Waals surface area (Å²) in [4.78, 5) is 39.2. The Morgan fingerprint density at radius 2 is 1.68 bits per heavy atom. The molecule has 1 aromatic carbocycles. The van der Waals surface area contributed by atoms with Crippen LogP contribution in [0, 0.1) is 0 Å². The van der Waals surface area contributed by atoms with Crippen LogP contribution >= 0.6 is 0 Å². The van der Waals surface area contributed by atoms with Gasteiger partial charge in [-0.1, -0.05) is 30.3 Å². The average Bonchev–Trinajstić information content (AvgIpc) is 2.63. The van der Waals surface area contributed by atoms with Crippen molar-refractivity contribution >= 4 is 17.7 Å². The minimum atomic E-state index is -0.685. The molecule has 1 aliphatic heterocycles. The third-order valence-electron chi connectivity index (χ3n) is 4.29. The van der Waals surface area contributed by atoms with Crippen LogP contribution in [0.5, 0.6) is 0 Å². The molecule has 2 rings (SSSR count). The van der Waals surface area contributed by atoms with E-state index < -0.39 is 6.10 Å². The quantitative estimate of drug-likeness (QED) is 0.816. The Labute approximate surface area is 147 Å². The van der Waals surface area contributed by atoms with E-state index in [9.17, 15) is 14.4 Å². The van der Waals surface area contributed by atoms with Gasteiger partial charge in [0.1, 0.15) is 0 Å². The first-order valence-corrected chi connectivity index (χ1v) is 8.41. The summed E-state index contributed by atoms with van der Waals surface area (Å²) in [6.07, 6.45) is -0.452. The second kappa shape index (κ2) is 9.17. The topological polar surface area (TPSA) is 79.0 Å². The molecule has 0 aromatic heterocycles. The molecule has 25 heavy (non-hydrogen) atoms. The third-order valence-corrected chi connectivity index (χ3v) is 4.29. The lowest BCUT2D eigenvalue weighted by Gasteiger charge is -2.34. The van der Waals surface area contributed by atoms with E-state index in [2.05, 4.69) is 5.32 Å². The Kier molecular flexibility index (Phi) is 6.94. The standard InChI is InChI=1S/C18H25N3O4/c1-14(22)20-10-12-21(13-11-20)16(23)8-9-19-18(24)17(25-2)15-6-4-3-5-7-15/h3-7,17H,8-13H2,1-2H3,(H,19,24). The molecule has 0 aliphatic carbocycles. The Morgan fingerprint density at radius 1 is 1.08 bits per heavy atom. The first kappa shape index (κ1) is 18.9. The number of hydrogen-bond donors (Lipinski definition) is 1. The van der Waals surface area contributed by atoms with Crippen LogP contribution in [0.2, 0.25) is 0 Å². The molecule has 1 atom stereocenters. The molecule has 1 unspecified atom stereocenters. The zero-order chi connectivity index (χ0) is 18.2. The van der Waals surface area contributed by atoms with Crippen molar-refractivity contribution in [3.8, 4) is 0 Å². The highest BCUT2D eigenvalue weighted by Gasteiger charge is 2.23. The molecule has 1 aliphatic rings. The predicted molar refractivity (Wildman–Crippen MR) is 92.7 cm³/mol. The molecule has 0 bridgehead atoms. The van der Waals surface area contributed by atoms with Crippen molar-refractivity contribution in [3.63, 3.8) is 0 Å². The fourth-order valence-electron chi connectivity index (χ4n) is 2.84. The van der Waals surface area contributed by atoms with Crippen molar-refractivity contribution < 1.29 is 19.1 Å². The summed E-state index contributed by atoms with van der Waals surface area (Å²) in [6, 6.07) is 9.22. The smallest absolute Gasteiger partial charge is 0.253 e. The molecule has 0 saturated carbocycles. The number of nitrogens with one attached hydrogen (secondary N) is 1. The van der Waals surface area contributed by atoms with Gasteiger partial charge in [0.25, 0.3) is 5.91 Å². The summed E-state index contributed by atoms with van der Waals surface area (Å²) in [6.45, 7) is 4.00. The highest BCUT2D eigenvalue weighted by Crippen LogP contribution is 2.16. The summed E-state index contributed by atoms with van der Waals surface area (Å²) in [5, 5.41) is 2.75. The van der Waals surface area contributed by atoms with Crippen LogP contribution in [-0.2, 0) is 19.1 Å². The molecule has 1 aromatic rings. The lowest BCUT2D eigenvalue weighted by atomic mass is 10.1. The van der Waals surface area contributed by atoms with Gasteiger partial charge < -0.3 is 19.9 Å². The maximum Gasteiger partial charge on any atom is 0.253 e. The number of piperazine rings is 1. The van der Waals surface area contributed by atoms with Crippen molar-refractivity contribution in [2.75, 3.05) is 39.8 Å². The molecular weight excluding hydrogens is 322 g/mol. The molecular formula is C18H25N3O4. The molecule has 1 fully saturated rings. The number of amides is 3. The first-order valence-electron chi connectivity index (χ1n) is 8.41. The monoisotopic (exact) mass is 347 g/mol. The van der Waals surface area contributed by atoms with Gasteiger partial charge in [-0.3, -0.25) is 14.4 Å². The van der Waals surface area contributed by atoms with E-state index >= 15 is 0 Å². The summed E-state index contributed by atoms with van der Waals surface area (Å²) < 4.78 is 5.26. The van der Waals surface area contributed by atoms with E-state index in [4.69, 9.17) is 4.74 Å². The fraction of sp³-hybridized carbons (Fsp3) is 0.500. The molecule has 136 valence electrons. The van der Waals surface area contributed by atoms with E-state index in [0.717, 1.165) is 5.56 Å². The number of rotatable bonds is 6. The fourth-order valence-corrected chi connectivity index (χ4v) is 2.84. The number of ether oxygens (including phenoxy) is 1. The van der Waals surface area contributed by atoms with E-state index in [1.54, 1.807) is 9.80 Å². The van der Waals surface area contributed by atoms with Crippen molar-refractivity contribution in [2.45, 2.75) is 19.4 Å². The Balaban J connectivity index is 1.75. The maximum atomic E-state index is 12.2. The number of carbonyl (C=O) groups excluding carboxylic acids is 3. The van der Waals surface area contributed by atoms with Gasteiger partial charge in [-0.25, -0.2) is 0 Å². The summed E-state index contributed by atoms with van der Waals surface area (Å²) in [7, 11) is 1.48. The van der Waals surface area contributed by atoms with Gasteiger partial charge >= 0.3 is 0 Å². The zero-order valence-corrected chi connectivity index (χ0v) is 14.7. The van der Waals surface area contributed by atoms with Gasteiger partial charge in [0.2, 0.25) is 11.8 Å². The zero-order valence-electron chi connectivity index (χ0n) is 14.7. The van der Waals surface area contributed by atoms with E-state index in [1.165, 1.54) is 14.0 Å². The Morgan fingerprint density at radius 3 is 2.24 bits per heavy atom. The lowest BCUT2D eigenvalue weighted by Crippen LogP contribution is -2.50. The summed E-state index contributed by atoms with van der Waals surface area (Å²) >= 11 is 0. The Hall–Kier alpha value is -2.41. The van der Waals surface area contributed by atoms with E-state index in [1.807, 2.05) is 30.3 Å². The number of hydrogen-bond acceptors (Lipinski definition) is 4. The third kappa shape index (κ3) is 5.29. The maximum absolute atomic E-state index is 12.2. The van der Waals surface area contributed by atoms with Gasteiger partial charge in [0.05, 0.1) is 0 Å². The van der Waals surface area contributed by atoms with Crippen LogP contribution < -0.4 is 5.32 Å². The Bertz CT molecular complexity index is 598. The SMILES string of the molecule is COC(C(=O)NCCC(=O)N1CCN(C(C)=O)CC1)c1ccccc1. The van der Waals surface area contributed by atoms with Gasteiger partial charge in [-0.15, -0.1) is 0 Å². The van der Waals surface area contributed by atoms with Crippen molar-refractivity contribution in [2.24, 2.45) is 0 Å². The van der Waals surface area contributed by atoms with Crippen LogP contribution in [0.1, 0.15) is 25.0 Å². The van der Waals surface area contributed by atoms with Crippen molar-refractivity contribution in [1.29, 1.82) is 0 Å². The van der Waals surface area contributed by atoms with Crippen LogP contribution in [0.15, 0.2) is 30.3 Å². The highest BCUT2D eigenvalue weighted by atomic mass is 16.5. The minimum absolute atomic E-state index is 0.0165. The normalized spacial score (nSPS) is 15.6. The molecule has 1 heterocycles. The predicted octanol–water partition coefficient (Wildman–Crippen LogP) is 0.571. The average molecular weight is 347 g/mol. The first-order chi connectivity index (χ1) is 12.0. The molecule has 1 saturated heterocycles. The van der Waals surface area contributed by atoms with Crippen LogP contribution in [0.4, 0.5) is 0 Å². The van der Waals surface area contributed by atoms with Crippen LogP contribution in [-0.4, -0.2) is 67.4 Å². The minimum Gasteiger partial charge on any atom is -0.367 e. The summed E-state index contributed by atoms with van der Waals surface area (Å²) in [5.74, 6) is -0.244. The highest BCUT2D eigenvalue weighted by molar-refractivity contribution is 5.83. The van der Waals surface area contributed by atoms with Crippen LogP contribution in [0.3, 0.4) is 0 Å². The van der Waals surface area contributed by atoms with Gasteiger partial charge in [0.15, 0.2) is 6.10 Å². The number of carbonyl (C=O) groups is 3. The second-order valence-corrected chi connectivity index (χ2v) is 5.95. The van der Waals surface area contributed by atoms with E-state index in [-0.39, 0.29) is 30.7 Å². The van der Waals surface area contributed by atoms with Gasteiger partial charge in [-0.2, -0.15) is 0 Å². The molecule has 7 nitrogen and oxygen atoms in total. The van der Waals surface area contributed by atoms with Crippen LogP contribution in [0.25, 0.3) is 0 Å². The summed E-state index contributed by atoms with van der Waals surface area (Å²) in [5.41, 5.74) is 0.772. The molecule has 1 N–H and O–H groups in total. The number of benzene rings is 1. The van der Waals surface area contributed by atoms with Crippen molar-refractivity contribution in [3.05, 3.63) is 35.9 Å². The molecule has 3 amide bonds. The second-order valence-electron chi connectivity index (χ2n) is 5.95. The van der Waals surface area contributed by atoms with E-state index in [0.29, 0.717) is 26.2 Å².